The fourth-order valence-electron chi connectivity index (χ4n) is 4.26. The van der Waals surface area contributed by atoms with Crippen molar-refractivity contribution < 1.29 is 17.9 Å². The molecule has 11 heteroatoms. The first kappa shape index (κ1) is 27.3. The molecule has 1 fully saturated rings. The predicted molar refractivity (Wildman–Crippen MR) is 148 cm³/mol. The molecular formula is C26H35N5O4S2. The molecule has 0 spiro atoms. The first-order chi connectivity index (χ1) is 17.8. The zero-order chi connectivity index (χ0) is 26.4. The Kier molecular flexibility index (Phi) is 9.01. The molecule has 1 aliphatic rings. The highest BCUT2D eigenvalue weighted by atomic mass is 32.2. The number of nitrogens with zero attached hydrogens (tertiary/aromatic N) is 4. The summed E-state index contributed by atoms with van der Waals surface area (Å²) in [6.45, 7) is 7.30. The molecule has 0 aliphatic carbocycles. The lowest BCUT2D eigenvalue weighted by Gasteiger charge is -2.34. The third-order valence-corrected chi connectivity index (χ3v) is 9.55. The van der Waals surface area contributed by atoms with E-state index in [1.807, 2.05) is 19.1 Å². The van der Waals surface area contributed by atoms with E-state index in [2.05, 4.69) is 21.2 Å². The molecule has 2 aromatic carbocycles. The van der Waals surface area contributed by atoms with Crippen LogP contribution in [0.5, 0.6) is 5.75 Å². The zero-order valence-corrected chi connectivity index (χ0v) is 23.3. The van der Waals surface area contributed by atoms with E-state index >= 15 is 0 Å². The molecule has 2 heterocycles. The molecule has 0 bridgehead atoms. The van der Waals surface area contributed by atoms with Gasteiger partial charge in [0.05, 0.1) is 16.7 Å². The van der Waals surface area contributed by atoms with Crippen molar-refractivity contribution in [2.24, 2.45) is 0 Å². The van der Waals surface area contributed by atoms with E-state index in [9.17, 15) is 13.2 Å². The van der Waals surface area contributed by atoms with Crippen molar-refractivity contribution in [3.8, 4) is 5.75 Å². The number of thiazole rings is 1. The maximum Gasteiger partial charge on any atom is 0.251 e. The number of para-hydroxylation sites is 1. The summed E-state index contributed by atoms with van der Waals surface area (Å²) in [5, 5.41) is 3.96. The van der Waals surface area contributed by atoms with E-state index in [0.29, 0.717) is 18.7 Å². The number of piperazine rings is 1. The third-order valence-electron chi connectivity index (χ3n) is 6.60. The van der Waals surface area contributed by atoms with E-state index in [0.717, 1.165) is 66.7 Å². The fraction of sp³-hybridized carbons (Fsp3) is 0.462. The predicted octanol–water partition coefficient (Wildman–Crippen LogP) is 3.28. The van der Waals surface area contributed by atoms with Gasteiger partial charge in [-0.2, -0.15) is 0 Å². The maximum atomic E-state index is 12.7. The smallest absolute Gasteiger partial charge is 0.251 e. The van der Waals surface area contributed by atoms with Gasteiger partial charge in [-0.1, -0.05) is 30.7 Å². The Bertz CT molecular complexity index is 1300. The molecule has 0 unspecified atom stereocenters. The molecule has 1 saturated heterocycles. The van der Waals surface area contributed by atoms with Crippen LogP contribution in [0.3, 0.4) is 0 Å². The number of carbonyl (C=O) groups excluding carboxylic acids is 1. The highest BCUT2D eigenvalue weighted by molar-refractivity contribution is 7.89. The van der Waals surface area contributed by atoms with Gasteiger partial charge in [0.1, 0.15) is 11.3 Å². The van der Waals surface area contributed by atoms with Crippen molar-refractivity contribution in [1.29, 1.82) is 0 Å². The number of amides is 1. The Hall–Kier alpha value is -2.73. The summed E-state index contributed by atoms with van der Waals surface area (Å²) in [4.78, 5) is 22.2. The van der Waals surface area contributed by atoms with Gasteiger partial charge in [-0.3, -0.25) is 9.69 Å². The fourth-order valence-corrected chi connectivity index (χ4v) is 6.51. The second-order valence-electron chi connectivity index (χ2n) is 9.09. The Morgan fingerprint density at radius 2 is 1.86 bits per heavy atom. The van der Waals surface area contributed by atoms with Gasteiger partial charge in [0.25, 0.3) is 5.91 Å². The van der Waals surface area contributed by atoms with Gasteiger partial charge in [0, 0.05) is 58.4 Å². The normalized spacial score (nSPS) is 14.9. The van der Waals surface area contributed by atoms with Crippen molar-refractivity contribution in [1.82, 2.24) is 19.5 Å². The maximum absolute atomic E-state index is 12.7. The molecule has 9 nitrogen and oxygen atoms in total. The lowest BCUT2D eigenvalue weighted by molar-refractivity contribution is 0.0947. The molecule has 1 amide bonds. The number of rotatable bonds is 11. The largest absolute Gasteiger partial charge is 0.494 e. The molecule has 3 aromatic rings. The summed E-state index contributed by atoms with van der Waals surface area (Å²) in [5.74, 6) is 0.593. The van der Waals surface area contributed by atoms with Gasteiger partial charge in [-0.25, -0.2) is 17.7 Å². The van der Waals surface area contributed by atoms with E-state index in [1.165, 1.54) is 16.4 Å². The SMILES string of the molecule is CCCCN(C)S(=O)(=O)c1ccc(C(=O)NCCN2CCN(c3nc4c(OC)cccc4s3)CC2)cc1. The first-order valence-electron chi connectivity index (χ1n) is 12.6. The van der Waals surface area contributed by atoms with Crippen LogP contribution in [0.2, 0.25) is 0 Å². The highest BCUT2D eigenvalue weighted by Crippen LogP contribution is 2.34. The number of fused-ring (bicyclic) bond motifs is 1. The average Bonchev–Trinajstić information content (AvgIpc) is 3.36. The Balaban J connectivity index is 1.23. The van der Waals surface area contributed by atoms with Crippen LogP contribution in [-0.4, -0.2) is 88.5 Å². The number of methoxy groups -OCH3 is 1. The van der Waals surface area contributed by atoms with Crippen LogP contribution in [0.25, 0.3) is 10.2 Å². The van der Waals surface area contributed by atoms with Gasteiger partial charge in [0.15, 0.2) is 5.13 Å². The number of aromatic nitrogens is 1. The first-order valence-corrected chi connectivity index (χ1v) is 14.8. The lowest BCUT2D eigenvalue weighted by atomic mass is 10.2. The quantitative estimate of drug-likeness (QED) is 0.395. The van der Waals surface area contributed by atoms with Crippen LogP contribution < -0.4 is 15.0 Å². The molecule has 1 aliphatic heterocycles. The van der Waals surface area contributed by atoms with Gasteiger partial charge < -0.3 is 15.0 Å². The lowest BCUT2D eigenvalue weighted by Crippen LogP contribution is -2.48. The summed E-state index contributed by atoms with van der Waals surface area (Å²) >= 11 is 1.68. The van der Waals surface area contributed by atoms with Crippen LogP contribution in [0, 0.1) is 0 Å². The number of benzene rings is 2. The molecule has 200 valence electrons. The van der Waals surface area contributed by atoms with E-state index < -0.39 is 10.0 Å². The molecule has 0 saturated carbocycles. The van der Waals surface area contributed by atoms with Crippen molar-refractivity contribution in [3.05, 3.63) is 48.0 Å². The van der Waals surface area contributed by atoms with Crippen LogP contribution >= 0.6 is 11.3 Å². The Morgan fingerprint density at radius 3 is 2.54 bits per heavy atom. The van der Waals surface area contributed by atoms with Gasteiger partial charge >= 0.3 is 0 Å². The van der Waals surface area contributed by atoms with Crippen LogP contribution in [-0.2, 0) is 10.0 Å². The van der Waals surface area contributed by atoms with Crippen LogP contribution in [0.4, 0.5) is 5.13 Å². The van der Waals surface area contributed by atoms with Crippen LogP contribution in [0.15, 0.2) is 47.4 Å². The van der Waals surface area contributed by atoms with Gasteiger partial charge in [-0.15, -0.1) is 0 Å². The Morgan fingerprint density at radius 1 is 1.14 bits per heavy atom. The number of hydrogen-bond donors (Lipinski definition) is 1. The molecule has 1 aromatic heterocycles. The molecule has 1 N–H and O–H groups in total. The van der Waals surface area contributed by atoms with Crippen molar-refractivity contribution in [2.75, 3.05) is 64.9 Å². The third kappa shape index (κ3) is 6.40. The minimum absolute atomic E-state index is 0.201. The second kappa shape index (κ2) is 12.2. The molecule has 0 atom stereocenters. The number of sulfonamides is 1. The molecule has 4 rings (SSSR count). The molecule has 37 heavy (non-hydrogen) atoms. The summed E-state index contributed by atoms with van der Waals surface area (Å²) in [7, 11) is -0.289. The summed E-state index contributed by atoms with van der Waals surface area (Å²) in [5.41, 5.74) is 1.36. The topological polar surface area (TPSA) is 95.1 Å². The highest BCUT2D eigenvalue weighted by Gasteiger charge is 2.22. The number of ether oxygens (including phenoxy) is 1. The standard InChI is InChI=1S/C26H35N5O4S2/c1-4-5-14-29(2)37(33,34)21-11-9-20(10-12-21)25(32)27-13-15-30-16-18-31(19-17-30)26-28-24-22(35-3)7-6-8-23(24)36-26/h6-12H,4-5,13-19H2,1-3H3,(H,27,32). The van der Waals surface area contributed by atoms with E-state index in [-0.39, 0.29) is 10.8 Å². The summed E-state index contributed by atoms with van der Waals surface area (Å²) < 4.78 is 33.2. The minimum atomic E-state index is -3.54. The second-order valence-corrected chi connectivity index (χ2v) is 12.1. The summed E-state index contributed by atoms with van der Waals surface area (Å²) in [6.07, 6.45) is 1.73. The van der Waals surface area contributed by atoms with Crippen molar-refractivity contribution in [3.63, 3.8) is 0 Å². The number of anilines is 1. The number of nitrogens with one attached hydrogen (secondary N) is 1. The Labute approximate surface area is 223 Å². The van der Waals surface area contributed by atoms with Crippen molar-refractivity contribution >= 4 is 42.6 Å². The van der Waals surface area contributed by atoms with E-state index in [1.54, 1.807) is 37.6 Å². The minimum Gasteiger partial charge on any atom is -0.494 e. The average molecular weight is 546 g/mol. The van der Waals surface area contributed by atoms with Crippen molar-refractivity contribution in [2.45, 2.75) is 24.7 Å². The summed E-state index contributed by atoms with van der Waals surface area (Å²) in [6, 6.07) is 12.1. The van der Waals surface area contributed by atoms with Gasteiger partial charge in [-0.05, 0) is 42.8 Å². The van der Waals surface area contributed by atoms with E-state index in [4.69, 9.17) is 9.72 Å². The number of hydrogen-bond acceptors (Lipinski definition) is 8. The molecular weight excluding hydrogens is 510 g/mol. The monoisotopic (exact) mass is 545 g/mol. The van der Waals surface area contributed by atoms with Crippen LogP contribution in [0.1, 0.15) is 30.1 Å². The number of unbranched alkanes of at least 4 members (excludes halogenated alkanes) is 1. The zero-order valence-electron chi connectivity index (χ0n) is 21.6. The van der Waals surface area contributed by atoms with Gasteiger partial charge in [0.2, 0.25) is 10.0 Å². The molecule has 0 radical (unpaired) electrons. The number of carbonyl (C=O) groups is 1.